The SMILES string of the molecule is Cc1nc(-c2ccc[nH]2)sc1C1(N)CC1. The molecule has 1 aliphatic rings. The smallest absolute Gasteiger partial charge is 0.140 e. The van der Waals surface area contributed by atoms with E-state index in [4.69, 9.17) is 5.73 Å². The second kappa shape index (κ2) is 2.93. The summed E-state index contributed by atoms with van der Waals surface area (Å²) in [6.07, 6.45) is 4.11. The van der Waals surface area contributed by atoms with Crippen molar-refractivity contribution in [3.05, 3.63) is 28.9 Å². The maximum absolute atomic E-state index is 6.20. The summed E-state index contributed by atoms with van der Waals surface area (Å²) in [4.78, 5) is 9.00. The minimum absolute atomic E-state index is 0.0629. The topological polar surface area (TPSA) is 54.7 Å². The number of nitrogens with two attached hydrogens (primary N) is 1. The number of aromatic amines is 1. The van der Waals surface area contributed by atoms with E-state index in [1.54, 1.807) is 11.3 Å². The van der Waals surface area contributed by atoms with Crippen LogP contribution in [0, 0.1) is 6.92 Å². The Hall–Kier alpha value is -1.13. The van der Waals surface area contributed by atoms with E-state index in [-0.39, 0.29) is 5.54 Å². The van der Waals surface area contributed by atoms with Crippen LogP contribution in [-0.2, 0) is 5.54 Å². The summed E-state index contributed by atoms with van der Waals surface area (Å²) in [7, 11) is 0. The summed E-state index contributed by atoms with van der Waals surface area (Å²) in [5.74, 6) is 0. The molecule has 78 valence electrons. The molecule has 0 aliphatic heterocycles. The minimum atomic E-state index is -0.0629. The van der Waals surface area contributed by atoms with Crippen LogP contribution in [0.2, 0.25) is 0 Å². The van der Waals surface area contributed by atoms with Gasteiger partial charge in [-0.2, -0.15) is 0 Å². The van der Waals surface area contributed by atoms with Gasteiger partial charge in [0.15, 0.2) is 0 Å². The molecule has 2 heterocycles. The monoisotopic (exact) mass is 219 g/mol. The quantitative estimate of drug-likeness (QED) is 0.814. The van der Waals surface area contributed by atoms with Crippen LogP contribution in [0.1, 0.15) is 23.4 Å². The van der Waals surface area contributed by atoms with E-state index >= 15 is 0 Å². The van der Waals surface area contributed by atoms with Crippen LogP contribution in [0.5, 0.6) is 0 Å². The Balaban J connectivity index is 2.06. The number of aryl methyl sites for hydroxylation is 1. The first-order valence-electron chi connectivity index (χ1n) is 5.10. The average molecular weight is 219 g/mol. The van der Waals surface area contributed by atoms with Gasteiger partial charge in [0.1, 0.15) is 5.01 Å². The lowest BCUT2D eigenvalue weighted by Crippen LogP contribution is -2.18. The third kappa shape index (κ3) is 1.41. The Morgan fingerprint density at radius 1 is 1.53 bits per heavy atom. The maximum Gasteiger partial charge on any atom is 0.140 e. The van der Waals surface area contributed by atoms with Gasteiger partial charge < -0.3 is 10.7 Å². The van der Waals surface area contributed by atoms with Gasteiger partial charge in [-0.3, -0.25) is 0 Å². The van der Waals surface area contributed by atoms with Crippen LogP contribution < -0.4 is 5.73 Å². The number of nitrogens with zero attached hydrogens (tertiary/aromatic N) is 1. The predicted molar refractivity (Wildman–Crippen MR) is 61.7 cm³/mol. The molecule has 3 N–H and O–H groups in total. The number of H-pyrrole nitrogens is 1. The van der Waals surface area contributed by atoms with E-state index in [9.17, 15) is 0 Å². The Labute approximate surface area is 92.4 Å². The van der Waals surface area contributed by atoms with Crippen molar-refractivity contribution >= 4 is 11.3 Å². The molecular formula is C11H13N3S. The first-order valence-corrected chi connectivity index (χ1v) is 5.91. The molecule has 0 saturated heterocycles. The first-order chi connectivity index (χ1) is 7.19. The van der Waals surface area contributed by atoms with Gasteiger partial charge in [-0.1, -0.05) is 0 Å². The first kappa shape index (κ1) is 9.12. The van der Waals surface area contributed by atoms with Crippen molar-refractivity contribution in [2.45, 2.75) is 25.3 Å². The van der Waals surface area contributed by atoms with E-state index in [0.29, 0.717) is 0 Å². The lowest BCUT2D eigenvalue weighted by atomic mass is 10.2. The summed E-state index contributed by atoms with van der Waals surface area (Å²) in [6.45, 7) is 2.05. The van der Waals surface area contributed by atoms with E-state index in [1.165, 1.54) is 4.88 Å². The van der Waals surface area contributed by atoms with E-state index < -0.39 is 0 Å². The van der Waals surface area contributed by atoms with Crippen molar-refractivity contribution < 1.29 is 0 Å². The molecule has 0 radical (unpaired) electrons. The fraction of sp³-hybridized carbons (Fsp3) is 0.364. The predicted octanol–water partition coefficient (Wildman–Crippen LogP) is 2.39. The fourth-order valence-electron chi connectivity index (χ4n) is 1.80. The van der Waals surface area contributed by atoms with E-state index in [1.807, 2.05) is 25.3 Å². The van der Waals surface area contributed by atoms with Crippen LogP contribution in [0.25, 0.3) is 10.7 Å². The van der Waals surface area contributed by atoms with Gasteiger partial charge in [-0.05, 0) is 31.9 Å². The summed E-state index contributed by atoms with van der Waals surface area (Å²) in [5, 5.41) is 1.05. The zero-order chi connectivity index (χ0) is 10.5. The lowest BCUT2D eigenvalue weighted by Gasteiger charge is -2.04. The van der Waals surface area contributed by atoms with Gasteiger partial charge in [0.2, 0.25) is 0 Å². The third-order valence-corrected chi connectivity index (χ3v) is 4.28. The molecule has 0 spiro atoms. The molecule has 15 heavy (non-hydrogen) atoms. The number of nitrogens with one attached hydrogen (secondary N) is 1. The number of aromatic nitrogens is 2. The van der Waals surface area contributed by atoms with Gasteiger partial charge in [-0.15, -0.1) is 11.3 Å². The van der Waals surface area contributed by atoms with Crippen molar-refractivity contribution in [1.29, 1.82) is 0 Å². The second-order valence-electron chi connectivity index (χ2n) is 4.17. The van der Waals surface area contributed by atoms with Gasteiger partial charge in [0.25, 0.3) is 0 Å². The Morgan fingerprint density at radius 3 is 2.93 bits per heavy atom. The number of hydrogen-bond acceptors (Lipinski definition) is 3. The Kier molecular flexibility index (Phi) is 1.78. The normalized spacial score (nSPS) is 18.0. The summed E-state index contributed by atoms with van der Waals surface area (Å²) >= 11 is 1.72. The molecule has 1 aliphatic carbocycles. The zero-order valence-electron chi connectivity index (χ0n) is 8.58. The number of rotatable bonds is 2. The van der Waals surface area contributed by atoms with Crippen LogP contribution in [0.3, 0.4) is 0 Å². The fourth-order valence-corrected chi connectivity index (χ4v) is 3.01. The van der Waals surface area contributed by atoms with Crippen LogP contribution in [0.4, 0.5) is 0 Å². The van der Waals surface area contributed by atoms with Gasteiger partial charge in [0.05, 0.1) is 16.9 Å². The Morgan fingerprint density at radius 2 is 2.33 bits per heavy atom. The van der Waals surface area contributed by atoms with Gasteiger partial charge >= 0.3 is 0 Å². The van der Waals surface area contributed by atoms with Crippen molar-refractivity contribution in [2.24, 2.45) is 5.73 Å². The highest BCUT2D eigenvalue weighted by Gasteiger charge is 2.43. The largest absolute Gasteiger partial charge is 0.359 e. The molecule has 1 saturated carbocycles. The number of hydrogen-bond donors (Lipinski definition) is 2. The molecule has 2 aromatic heterocycles. The van der Waals surface area contributed by atoms with E-state index in [2.05, 4.69) is 9.97 Å². The average Bonchev–Trinajstić information content (AvgIpc) is 2.73. The summed E-state index contributed by atoms with van der Waals surface area (Å²) in [5.41, 5.74) is 8.30. The van der Waals surface area contributed by atoms with Gasteiger partial charge in [0, 0.05) is 11.1 Å². The minimum Gasteiger partial charge on any atom is -0.359 e. The molecule has 0 atom stereocenters. The van der Waals surface area contributed by atoms with Crippen molar-refractivity contribution in [3.8, 4) is 10.7 Å². The summed E-state index contributed by atoms with van der Waals surface area (Å²) in [6, 6.07) is 4.03. The molecule has 2 aromatic rings. The lowest BCUT2D eigenvalue weighted by molar-refractivity contribution is 0.748. The molecule has 1 fully saturated rings. The van der Waals surface area contributed by atoms with Crippen molar-refractivity contribution in [2.75, 3.05) is 0 Å². The molecule has 0 unspecified atom stereocenters. The Bertz CT molecular complexity index is 480. The van der Waals surface area contributed by atoms with Gasteiger partial charge in [-0.25, -0.2) is 4.98 Å². The van der Waals surface area contributed by atoms with E-state index in [0.717, 1.165) is 29.2 Å². The molecule has 0 bridgehead atoms. The highest BCUT2D eigenvalue weighted by molar-refractivity contribution is 7.15. The highest BCUT2D eigenvalue weighted by Crippen LogP contribution is 2.47. The molecule has 3 nitrogen and oxygen atoms in total. The van der Waals surface area contributed by atoms with Crippen LogP contribution in [-0.4, -0.2) is 9.97 Å². The van der Waals surface area contributed by atoms with Crippen molar-refractivity contribution in [1.82, 2.24) is 9.97 Å². The standard InChI is InChI=1S/C11H13N3S/c1-7-9(11(12)4-5-11)15-10(14-7)8-3-2-6-13-8/h2-3,6,13H,4-5,12H2,1H3. The summed E-state index contributed by atoms with van der Waals surface area (Å²) < 4.78 is 0. The molecular weight excluding hydrogens is 206 g/mol. The number of thiazole rings is 1. The van der Waals surface area contributed by atoms with Crippen LogP contribution in [0.15, 0.2) is 18.3 Å². The highest BCUT2D eigenvalue weighted by atomic mass is 32.1. The van der Waals surface area contributed by atoms with Crippen molar-refractivity contribution in [3.63, 3.8) is 0 Å². The maximum atomic E-state index is 6.20. The second-order valence-corrected chi connectivity index (χ2v) is 5.17. The molecule has 0 aromatic carbocycles. The molecule has 4 heteroatoms. The molecule has 3 rings (SSSR count). The molecule has 0 amide bonds. The third-order valence-electron chi connectivity index (χ3n) is 2.87. The zero-order valence-corrected chi connectivity index (χ0v) is 9.40. The van der Waals surface area contributed by atoms with Crippen LogP contribution >= 0.6 is 11.3 Å².